The van der Waals surface area contributed by atoms with Crippen molar-refractivity contribution in [1.29, 1.82) is 0 Å². The van der Waals surface area contributed by atoms with Gasteiger partial charge in [0.1, 0.15) is 0 Å². The van der Waals surface area contributed by atoms with E-state index in [1.54, 1.807) is 24.3 Å². The Kier molecular flexibility index (Phi) is 9.55. The van der Waals surface area contributed by atoms with E-state index in [1.165, 1.54) is 0 Å². The highest BCUT2D eigenvalue weighted by Gasteiger charge is 2.20. The van der Waals surface area contributed by atoms with Crippen LogP contribution in [0.15, 0.2) is 85.2 Å². The molecular formula is C28H30Cl2N6O2. The number of aromatic amines is 2. The first-order chi connectivity index (χ1) is 17.5. The second kappa shape index (κ2) is 12.6. The molecule has 0 aliphatic carbocycles. The van der Waals surface area contributed by atoms with Gasteiger partial charge in [-0.15, -0.1) is 24.8 Å². The summed E-state index contributed by atoms with van der Waals surface area (Å²) >= 11 is 0. The molecule has 5 aromatic rings. The molecule has 2 heterocycles. The number of H-pyrrole nitrogens is 2. The molecular weight excluding hydrogens is 523 g/mol. The molecule has 0 aliphatic rings. The number of para-hydroxylation sites is 4. The fourth-order valence-electron chi connectivity index (χ4n) is 4.41. The van der Waals surface area contributed by atoms with Crippen LogP contribution >= 0.6 is 24.8 Å². The molecule has 2 aromatic heterocycles. The number of hydrogen-bond donors (Lipinski definition) is 6. The number of benzene rings is 3. The second-order valence-electron chi connectivity index (χ2n) is 8.86. The predicted molar refractivity (Wildman–Crippen MR) is 158 cm³/mol. The van der Waals surface area contributed by atoms with Crippen molar-refractivity contribution in [3.05, 3.63) is 96.3 Å². The zero-order chi connectivity index (χ0) is 25.1. The van der Waals surface area contributed by atoms with Gasteiger partial charge in [0.2, 0.25) is 11.8 Å². The number of amides is 2. The van der Waals surface area contributed by atoms with Gasteiger partial charge in [0, 0.05) is 34.2 Å². The summed E-state index contributed by atoms with van der Waals surface area (Å²) in [5, 5.41) is 7.78. The summed E-state index contributed by atoms with van der Waals surface area (Å²) in [5.41, 5.74) is 17.3. The highest BCUT2D eigenvalue weighted by Crippen LogP contribution is 2.24. The van der Waals surface area contributed by atoms with E-state index in [4.69, 9.17) is 11.5 Å². The first-order valence-corrected chi connectivity index (χ1v) is 11.8. The second-order valence-corrected chi connectivity index (χ2v) is 8.86. The summed E-state index contributed by atoms with van der Waals surface area (Å²) < 4.78 is 0. The molecule has 2 atom stereocenters. The Labute approximate surface area is 232 Å². The zero-order valence-electron chi connectivity index (χ0n) is 20.4. The Hall–Kier alpha value is -3.82. The number of nitrogens with two attached hydrogens (primary N) is 2. The molecule has 8 N–H and O–H groups in total. The normalized spacial score (nSPS) is 12.3. The van der Waals surface area contributed by atoms with Crippen molar-refractivity contribution in [3.8, 4) is 0 Å². The summed E-state index contributed by atoms with van der Waals surface area (Å²) in [7, 11) is 0. The third kappa shape index (κ3) is 6.17. The van der Waals surface area contributed by atoms with Crippen molar-refractivity contribution in [3.63, 3.8) is 0 Å². The molecule has 3 aromatic carbocycles. The fraction of sp³-hybridized carbons (Fsp3) is 0.143. The minimum atomic E-state index is -0.767. The van der Waals surface area contributed by atoms with Crippen LogP contribution in [0.4, 0.5) is 11.4 Å². The average Bonchev–Trinajstić information content (AvgIpc) is 3.49. The fourth-order valence-corrected chi connectivity index (χ4v) is 4.41. The van der Waals surface area contributed by atoms with Crippen molar-refractivity contribution < 1.29 is 9.59 Å². The van der Waals surface area contributed by atoms with E-state index < -0.39 is 12.1 Å². The van der Waals surface area contributed by atoms with Crippen molar-refractivity contribution in [1.82, 2.24) is 9.97 Å². The third-order valence-electron chi connectivity index (χ3n) is 6.35. The van der Waals surface area contributed by atoms with Crippen LogP contribution in [0.3, 0.4) is 0 Å². The molecule has 8 nitrogen and oxygen atoms in total. The van der Waals surface area contributed by atoms with Crippen molar-refractivity contribution in [2.75, 3.05) is 10.6 Å². The molecule has 198 valence electrons. The van der Waals surface area contributed by atoms with Gasteiger partial charge in [0.15, 0.2) is 0 Å². The summed E-state index contributed by atoms with van der Waals surface area (Å²) in [6.45, 7) is 0. The zero-order valence-corrected chi connectivity index (χ0v) is 22.1. The van der Waals surface area contributed by atoms with Crippen molar-refractivity contribution in [2.24, 2.45) is 11.5 Å². The van der Waals surface area contributed by atoms with E-state index >= 15 is 0 Å². The average molecular weight is 553 g/mol. The highest BCUT2D eigenvalue weighted by molar-refractivity contribution is 6.03. The maximum absolute atomic E-state index is 12.9. The Bertz CT molecular complexity index is 1430. The third-order valence-corrected chi connectivity index (χ3v) is 6.35. The lowest BCUT2D eigenvalue weighted by molar-refractivity contribution is -0.118. The van der Waals surface area contributed by atoms with Gasteiger partial charge >= 0.3 is 0 Å². The molecule has 0 radical (unpaired) electrons. The molecule has 0 aliphatic heterocycles. The van der Waals surface area contributed by atoms with Crippen LogP contribution in [0.2, 0.25) is 0 Å². The number of carbonyl (C=O) groups is 2. The van der Waals surface area contributed by atoms with Crippen LogP contribution in [-0.4, -0.2) is 33.9 Å². The minimum Gasteiger partial charge on any atom is -0.361 e. The number of rotatable bonds is 8. The molecule has 0 fully saturated rings. The topological polar surface area (TPSA) is 142 Å². The number of carbonyl (C=O) groups excluding carboxylic acids is 2. The lowest BCUT2D eigenvalue weighted by atomic mass is 10.0. The van der Waals surface area contributed by atoms with Gasteiger partial charge in [-0.05, 0) is 48.2 Å². The molecule has 38 heavy (non-hydrogen) atoms. The van der Waals surface area contributed by atoms with Crippen LogP contribution in [0.5, 0.6) is 0 Å². The van der Waals surface area contributed by atoms with Gasteiger partial charge < -0.3 is 32.1 Å². The Balaban J connectivity index is 0.00000200. The van der Waals surface area contributed by atoms with Crippen LogP contribution in [-0.2, 0) is 22.4 Å². The van der Waals surface area contributed by atoms with Crippen LogP contribution in [0, 0.1) is 0 Å². The first-order valence-electron chi connectivity index (χ1n) is 11.8. The number of fused-ring (bicyclic) bond motifs is 2. The van der Waals surface area contributed by atoms with E-state index in [1.807, 2.05) is 60.9 Å². The molecule has 2 unspecified atom stereocenters. The summed E-state index contributed by atoms with van der Waals surface area (Å²) in [6, 6.07) is 21.2. The number of aromatic nitrogens is 2. The van der Waals surface area contributed by atoms with Gasteiger partial charge in [-0.1, -0.05) is 48.5 Å². The quantitative estimate of drug-likeness (QED) is 0.168. The van der Waals surface area contributed by atoms with Gasteiger partial charge in [-0.3, -0.25) is 9.59 Å². The SMILES string of the molecule is Cl.Cl.NC(Cc1c[nH]c2ccccc12)C(=O)Nc1ccccc1NC(=O)C(N)Cc1c[nH]c2ccccc12. The summed E-state index contributed by atoms with van der Waals surface area (Å²) in [5.74, 6) is -0.685. The van der Waals surface area contributed by atoms with E-state index in [2.05, 4.69) is 20.6 Å². The number of anilines is 2. The lowest BCUT2D eigenvalue weighted by Gasteiger charge is -2.17. The van der Waals surface area contributed by atoms with Gasteiger partial charge in [0.25, 0.3) is 0 Å². The standard InChI is InChI=1S/C28H28N6O2.2ClH/c29-21(13-17-15-31-23-9-3-1-7-19(17)23)27(35)33-25-11-5-6-12-26(25)34-28(36)22(30)14-18-16-32-24-10-4-2-8-20(18)24;;/h1-12,15-16,21-22,31-32H,13-14,29-30H2,(H,33,35)(H,34,36);2*1H. The molecule has 0 saturated carbocycles. The smallest absolute Gasteiger partial charge is 0.241 e. The van der Waals surface area contributed by atoms with Crippen molar-refractivity contribution in [2.45, 2.75) is 24.9 Å². The minimum absolute atomic E-state index is 0. The highest BCUT2D eigenvalue weighted by atomic mass is 35.5. The number of hydrogen-bond acceptors (Lipinski definition) is 4. The Morgan fingerprint density at radius 1 is 0.632 bits per heavy atom. The largest absolute Gasteiger partial charge is 0.361 e. The van der Waals surface area contributed by atoms with E-state index in [0.29, 0.717) is 24.2 Å². The van der Waals surface area contributed by atoms with Crippen LogP contribution in [0.1, 0.15) is 11.1 Å². The monoisotopic (exact) mass is 552 g/mol. The van der Waals surface area contributed by atoms with E-state index in [9.17, 15) is 9.59 Å². The van der Waals surface area contributed by atoms with Crippen molar-refractivity contribution >= 4 is 69.8 Å². The number of nitrogens with one attached hydrogen (secondary N) is 4. The van der Waals surface area contributed by atoms with E-state index in [-0.39, 0.29) is 36.6 Å². The summed E-state index contributed by atoms with van der Waals surface area (Å²) in [4.78, 5) is 32.2. The lowest BCUT2D eigenvalue weighted by Crippen LogP contribution is -2.39. The van der Waals surface area contributed by atoms with Gasteiger partial charge in [0.05, 0.1) is 23.5 Å². The molecule has 0 saturated heterocycles. The molecule has 0 bridgehead atoms. The van der Waals surface area contributed by atoms with Gasteiger partial charge in [-0.2, -0.15) is 0 Å². The van der Waals surface area contributed by atoms with Crippen LogP contribution in [0.25, 0.3) is 21.8 Å². The maximum atomic E-state index is 12.9. The molecule has 5 rings (SSSR count). The maximum Gasteiger partial charge on any atom is 0.241 e. The molecule has 2 amide bonds. The Morgan fingerprint density at radius 2 is 1.00 bits per heavy atom. The predicted octanol–water partition coefficient (Wildman–Crippen LogP) is 4.51. The van der Waals surface area contributed by atoms with Gasteiger partial charge in [-0.25, -0.2) is 0 Å². The molecule has 10 heteroatoms. The van der Waals surface area contributed by atoms with Crippen LogP contribution < -0.4 is 22.1 Å². The summed E-state index contributed by atoms with van der Waals surface area (Å²) in [6.07, 6.45) is 4.50. The first kappa shape index (κ1) is 28.7. The Morgan fingerprint density at radius 3 is 1.42 bits per heavy atom. The molecule has 0 spiro atoms. The van der Waals surface area contributed by atoms with E-state index in [0.717, 1.165) is 32.9 Å². The number of halogens is 2.